The number of carbonyl (C=O) groups is 1. The van der Waals surface area contributed by atoms with Gasteiger partial charge in [-0.2, -0.15) is 0 Å². The third-order valence-corrected chi connectivity index (χ3v) is 5.58. The van der Waals surface area contributed by atoms with E-state index >= 15 is 0 Å². The second-order valence-corrected chi connectivity index (χ2v) is 7.29. The summed E-state index contributed by atoms with van der Waals surface area (Å²) in [6.07, 6.45) is 4.02. The quantitative estimate of drug-likeness (QED) is 0.780. The van der Waals surface area contributed by atoms with E-state index in [9.17, 15) is 4.79 Å². The van der Waals surface area contributed by atoms with Crippen LogP contribution in [-0.2, 0) is 9.53 Å². The molecule has 3 rings (SSSR count). The van der Waals surface area contributed by atoms with Gasteiger partial charge >= 0.3 is 0 Å². The molecule has 22 heavy (non-hydrogen) atoms. The number of nitrogens with zero attached hydrogens (tertiary/aromatic N) is 3. The zero-order chi connectivity index (χ0) is 15.5. The Morgan fingerprint density at radius 1 is 1.14 bits per heavy atom. The molecule has 0 bridgehead atoms. The summed E-state index contributed by atoms with van der Waals surface area (Å²) in [4.78, 5) is 18.8. The zero-order valence-corrected chi connectivity index (χ0v) is 14.2. The molecule has 5 heteroatoms. The topological polar surface area (TPSA) is 36.0 Å². The van der Waals surface area contributed by atoms with Gasteiger partial charge in [0, 0.05) is 65.4 Å². The predicted octanol–water partition coefficient (Wildman–Crippen LogP) is 1.04. The summed E-state index contributed by atoms with van der Waals surface area (Å²) in [5, 5.41) is 0. The van der Waals surface area contributed by atoms with E-state index in [1.54, 1.807) is 6.92 Å². The molecule has 3 heterocycles. The molecule has 0 unspecified atom stereocenters. The van der Waals surface area contributed by atoms with Crippen molar-refractivity contribution in [3.05, 3.63) is 0 Å². The second-order valence-electron chi connectivity index (χ2n) is 7.29. The average Bonchev–Trinajstić information content (AvgIpc) is 3.03. The van der Waals surface area contributed by atoms with Gasteiger partial charge in [-0.1, -0.05) is 6.92 Å². The zero-order valence-electron chi connectivity index (χ0n) is 14.2. The minimum Gasteiger partial charge on any atom is -0.377 e. The van der Waals surface area contributed by atoms with E-state index in [1.807, 2.05) is 4.90 Å². The first-order valence-corrected chi connectivity index (χ1v) is 8.97. The monoisotopic (exact) mass is 309 g/mol. The van der Waals surface area contributed by atoms with Crippen molar-refractivity contribution in [2.75, 3.05) is 52.4 Å². The van der Waals surface area contributed by atoms with E-state index in [0.717, 1.165) is 45.8 Å². The maximum atomic E-state index is 11.6. The molecule has 3 saturated heterocycles. The molecule has 126 valence electrons. The number of likely N-dealkylation sites (tertiary alicyclic amines) is 1. The highest BCUT2D eigenvalue weighted by Gasteiger charge is 2.35. The maximum Gasteiger partial charge on any atom is 0.219 e. The molecule has 3 aliphatic rings. The van der Waals surface area contributed by atoms with Crippen molar-refractivity contribution < 1.29 is 9.53 Å². The highest BCUT2D eigenvalue weighted by atomic mass is 16.5. The summed E-state index contributed by atoms with van der Waals surface area (Å²) in [5.74, 6) is 0.937. The van der Waals surface area contributed by atoms with Crippen molar-refractivity contribution in [1.82, 2.24) is 14.7 Å². The molecule has 3 atom stereocenters. The van der Waals surface area contributed by atoms with Gasteiger partial charge in [-0.3, -0.25) is 14.6 Å². The summed E-state index contributed by atoms with van der Waals surface area (Å²) >= 11 is 0. The molecule has 0 aliphatic carbocycles. The van der Waals surface area contributed by atoms with Gasteiger partial charge in [0.1, 0.15) is 0 Å². The van der Waals surface area contributed by atoms with Crippen molar-refractivity contribution in [1.29, 1.82) is 0 Å². The molecule has 0 radical (unpaired) electrons. The van der Waals surface area contributed by atoms with Crippen LogP contribution in [0.2, 0.25) is 0 Å². The minimum absolute atomic E-state index is 0.223. The van der Waals surface area contributed by atoms with Gasteiger partial charge in [-0.15, -0.1) is 0 Å². The smallest absolute Gasteiger partial charge is 0.219 e. The van der Waals surface area contributed by atoms with E-state index in [1.165, 1.54) is 25.9 Å². The number of hydrogen-bond acceptors (Lipinski definition) is 4. The van der Waals surface area contributed by atoms with Crippen LogP contribution in [0.25, 0.3) is 0 Å². The van der Waals surface area contributed by atoms with Crippen molar-refractivity contribution in [2.45, 2.75) is 45.3 Å². The summed E-state index contributed by atoms with van der Waals surface area (Å²) in [5.41, 5.74) is 0. The Kier molecular flexibility index (Phi) is 5.37. The average molecular weight is 309 g/mol. The Morgan fingerprint density at radius 2 is 2.00 bits per heavy atom. The predicted molar refractivity (Wildman–Crippen MR) is 86.8 cm³/mol. The lowest BCUT2D eigenvalue weighted by molar-refractivity contribution is -0.128. The van der Waals surface area contributed by atoms with Crippen LogP contribution in [-0.4, -0.2) is 85.2 Å². The van der Waals surface area contributed by atoms with E-state index in [2.05, 4.69) is 16.7 Å². The van der Waals surface area contributed by atoms with Crippen LogP contribution in [0.1, 0.15) is 33.1 Å². The Bertz CT molecular complexity index is 384. The fourth-order valence-electron chi connectivity index (χ4n) is 4.33. The van der Waals surface area contributed by atoms with Crippen LogP contribution in [0.4, 0.5) is 0 Å². The maximum absolute atomic E-state index is 11.6. The second kappa shape index (κ2) is 7.28. The largest absolute Gasteiger partial charge is 0.377 e. The first kappa shape index (κ1) is 16.2. The third kappa shape index (κ3) is 3.81. The lowest BCUT2D eigenvalue weighted by Gasteiger charge is -2.30. The molecule has 0 aromatic rings. The van der Waals surface area contributed by atoms with Gasteiger partial charge < -0.3 is 9.64 Å². The Balaban J connectivity index is 1.52. The molecular formula is C17H31N3O2. The van der Waals surface area contributed by atoms with Gasteiger partial charge in [-0.25, -0.2) is 0 Å². The summed E-state index contributed by atoms with van der Waals surface area (Å²) in [6, 6.07) is 0.647. The Hall–Kier alpha value is -0.650. The number of amides is 1. The molecule has 1 amide bonds. The van der Waals surface area contributed by atoms with Crippen LogP contribution < -0.4 is 0 Å². The van der Waals surface area contributed by atoms with Crippen LogP contribution in [0.5, 0.6) is 0 Å². The van der Waals surface area contributed by atoms with Crippen LogP contribution in [0.3, 0.4) is 0 Å². The van der Waals surface area contributed by atoms with E-state index < -0.39 is 0 Å². The third-order valence-electron chi connectivity index (χ3n) is 5.58. The Morgan fingerprint density at radius 3 is 2.73 bits per heavy atom. The van der Waals surface area contributed by atoms with Crippen LogP contribution in [0.15, 0.2) is 0 Å². The van der Waals surface area contributed by atoms with Crippen molar-refractivity contribution in [3.63, 3.8) is 0 Å². The first-order valence-electron chi connectivity index (χ1n) is 8.97. The Labute approximate surface area is 134 Å². The van der Waals surface area contributed by atoms with Crippen molar-refractivity contribution in [3.8, 4) is 0 Å². The summed E-state index contributed by atoms with van der Waals surface area (Å²) in [7, 11) is 0. The van der Waals surface area contributed by atoms with Crippen LogP contribution in [0, 0.1) is 5.92 Å². The fraction of sp³-hybridized carbons (Fsp3) is 0.941. The standard InChI is InChI=1S/C17H31N3O2/c1-14-11-18(12-16-5-3-10-22-16)13-17(14)20-7-4-6-19(8-9-20)15(2)21/h14,16-17H,3-13H2,1-2H3/t14-,16+,17+/m0/s1. The van der Waals surface area contributed by atoms with Gasteiger partial charge in [0.15, 0.2) is 0 Å². The number of ether oxygens (including phenoxy) is 1. The molecule has 0 aromatic carbocycles. The van der Waals surface area contributed by atoms with Gasteiger partial charge in [-0.05, 0) is 25.2 Å². The lowest BCUT2D eigenvalue weighted by Crippen LogP contribution is -2.43. The first-order chi connectivity index (χ1) is 10.6. The van der Waals surface area contributed by atoms with Crippen LogP contribution >= 0.6 is 0 Å². The van der Waals surface area contributed by atoms with E-state index in [4.69, 9.17) is 4.74 Å². The summed E-state index contributed by atoms with van der Waals surface area (Å²) in [6.45, 7) is 12.5. The molecule has 3 fully saturated rings. The van der Waals surface area contributed by atoms with Gasteiger partial charge in [0.2, 0.25) is 5.91 Å². The summed E-state index contributed by atoms with van der Waals surface area (Å²) < 4.78 is 5.79. The van der Waals surface area contributed by atoms with E-state index in [0.29, 0.717) is 18.1 Å². The molecule has 0 saturated carbocycles. The van der Waals surface area contributed by atoms with Gasteiger partial charge in [0.05, 0.1) is 6.10 Å². The highest BCUT2D eigenvalue weighted by molar-refractivity contribution is 5.73. The highest BCUT2D eigenvalue weighted by Crippen LogP contribution is 2.25. The van der Waals surface area contributed by atoms with Crippen molar-refractivity contribution >= 4 is 5.91 Å². The normalized spacial score (nSPS) is 35.0. The molecule has 0 spiro atoms. The van der Waals surface area contributed by atoms with Gasteiger partial charge in [0.25, 0.3) is 0 Å². The molecule has 0 N–H and O–H groups in total. The van der Waals surface area contributed by atoms with Crippen molar-refractivity contribution in [2.24, 2.45) is 5.92 Å². The molecular weight excluding hydrogens is 278 g/mol. The molecule has 3 aliphatic heterocycles. The number of carbonyl (C=O) groups excluding carboxylic acids is 1. The fourth-order valence-corrected chi connectivity index (χ4v) is 4.33. The molecule has 0 aromatic heterocycles. The SMILES string of the molecule is CC(=O)N1CCCN([C@@H]2CN(C[C@H]3CCCO3)C[C@@H]2C)CC1. The minimum atomic E-state index is 0.223. The number of hydrogen-bond donors (Lipinski definition) is 0. The molecule has 5 nitrogen and oxygen atoms in total. The lowest BCUT2D eigenvalue weighted by atomic mass is 10.0. The van der Waals surface area contributed by atoms with E-state index in [-0.39, 0.29) is 5.91 Å². The number of rotatable bonds is 3.